The molecule has 1 amide bonds. The average molecular weight is 502 g/mol. The van der Waals surface area contributed by atoms with E-state index in [2.05, 4.69) is 38.5 Å². The standard InChI is InChI=1S/C28H35N7O2/c1-3-35(16-7-6-13-29)26-19-25(32-28(33-26)30-14-12-21-10-8-15-34(21)2)27(37)31-24-18-22(36)17-20-9-4-5-11-23(20)24/h4-5,9,11,17-19,21,36H,3,6-8,10,12,14-16H2,1-2H3,(H,31,37)(H,30,32,33). The van der Waals surface area contributed by atoms with Gasteiger partial charge in [0.15, 0.2) is 0 Å². The highest BCUT2D eigenvalue weighted by molar-refractivity contribution is 6.09. The third kappa shape index (κ3) is 6.66. The number of unbranched alkanes of at least 4 members (excludes halogenated alkanes) is 1. The summed E-state index contributed by atoms with van der Waals surface area (Å²) in [7, 11) is 2.16. The van der Waals surface area contributed by atoms with E-state index in [1.807, 2.05) is 31.2 Å². The van der Waals surface area contributed by atoms with Gasteiger partial charge in [-0.05, 0) is 57.7 Å². The first-order chi connectivity index (χ1) is 18.0. The highest BCUT2D eigenvalue weighted by Crippen LogP contribution is 2.29. The maximum Gasteiger partial charge on any atom is 0.274 e. The Labute approximate surface area is 218 Å². The summed E-state index contributed by atoms with van der Waals surface area (Å²) in [4.78, 5) is 27.1. The molecule has 4 rings (SSSR count). The molecular weight excluding hydrogens is 466 g/mol. The van der Waals surface area contributed by atoms with E-state index in [0.29, 0.717) is 56.0 Å². The highest BCUT2D eigenvalue weighted by Gasteiger charge is 2.21. The Kier molecular flexibility index (Phi) is 8.75. The van der Waals surface area contributed by atoms with Crippen molar-refractivity contribution in [2.45, 2.75) is 45.1 Å². The molecule has 1 fully saturated rings. The van der Waals surface area contributed by atoms with Crippen LogP contribution in [-0.2, 0) is 0 Å². The summed E-state index contributed by atoms with van der Waals surface area (Å²) in [6, 6.07) is 15.2. The molecule has 1 aliphatic heterocycles. The Morgan fingerprint density at radius 1 is 1.27 bits per heavy atom. The number of carbonyl (C=O) groups is 1. The van der Waals surface area contributed by atoms with Crippen molar-refractivity contribution in [3.05, 3.63) is 48.2 Å². The summed E-state index contributed by atoms with van der Waals surface area (Å²) in [5.74, 6) is 0.738. The molecule has 9 nitrogen and oxygen atoms in total. The van der Waals surface area contributed by atoms with Crippen molar-refractivity contribution in [2.24, 2.45) is 0 Å². The zero-order valence-corrected chi connectivity index (χ0v) is 21.6. The van der Waals surface area contributed by atoms with Crippen LogP contribution in [0.2, 0.25) is 0 Å². The van der Waals surface area contributed by atoms with Crippen LogP contribution in [0.1, 0.15) is 49.5 Å². The Hall–Kier alpha value is -3.90. The van der Waals surface area contributed by atoms with Crippen LogP contribution in [-0.4, -0.2) is 65.2 Å². The number of benzene rings is 2. The van der Waals surface area contributed by atoms with E-state index in [9.17, 15) is 9.90 Å². The second kappa shape index (κ2) is 12.4. The number of phenolic OH excluding ortho intramolecular Hbond substituents is 1. The van der Waals surface area contributed by atoms with Crippen LogP contribution in [0.3, 0.4) is 0 Å². The van der Waals surface area contributed by atoms with Gasteiger partial charge in [0.1, 0.15) is 17.3 Å². The van der Waals surface area contributed by atoms with Crippen LogP contribution in [0.4, 0.5) is 17.5 Å². The van der Waals surface area contributed by atoms with E-state index in [-0.39, 0.29) is 17.4 Å². The predicted molar refractivity (Wildman–Crippen MR) is 147 cm³/mol. The second-order valence-corrected chi connectivity index (χ2v) is 9.44. The van der Waals surface area contributed by atoms with Crippen LogP contribution in [0.25, 0.3) is 10.8 Å². The molecule has 3 aromatic rings. The number of likely N-dealkylation sites (tertiary alicyclic amines) is 1. The number of aromatic nitrogens is 2. The first kappa shape index (κ1) is 26.2. The largest absolute Gasteiger partial charge is 0.508 e. The van der Waals surface area contributed by atoms with Gasteiger partial charge in [0.05, 0.1) is 11.8 Å². The number of rotatable bonds is 11. The molecule has 0 bridgehead atoms. The van der Waals surface area contributed by atoms with Crippen molar-refractivity contribution in [3.8, 4) is 11.8 Å². The molecular formula is C28H35N7O2. The number of fused-ring (bicyclic) bond motifs is 1. The maximum atomic E-state index is 13.4. The number of hydrogen-bond donors (Lipinski definition) is 3. The van der Waals surface area contributed by atoms with Crippen molar-refractivity contribution in [1.29, 1.82) is 5.26 Å². The Morgan fingerprint density at radius 2 is 2.11 bits per heavy atom. The van der Waals surface area contributed by atoms with E-state index in [0.717, 1.165) is 23.7 Å². The molecule has 1 aliphatic rings. The van der Waals surface area contributed by atoms with Gasteiger partial charge in [-0.3, -0.25) is 4.79 Å². The van der Waals surface area contributed by atoms with Gasteiger partial charge in [0.25, 0.3) is 5.91 Å². The Bertz CT molecular complexity index is 1270. The number of phenols is 1. The fourth-order valence-corrected chi connectivity index (χ4v) is 4.85. The summed E-state index contributed by atoms with van der Waals surface area (Å²) in [6.07, 6.45) is 4.55. The molecule has 0 aliphatic carbocycles. The lowest BCUT2D eigenvalue weighted by Gasteiger charge is -2.23. The molecule has 1 saturated heterocycles. The second-order valence-electron chi connectivity index (χ2n) is 9.44. The number of amides is 1. The van der Waals surface area contributed by atoms with Gasteiger partial charge in [-0.25, -0.2) is 4.98 Å². The molecule has 1 aromatic heterocycles. The molecule has 1 unspecified atom stereocenters. The Morgan fingerprint density at radius 3 is 2.86 bits per heavy atom. The maximum absolute atomic E-state index is 13.4. The smallest absolute Gasteiger partial charge is 0.274 e. The van der Waals surface area contributed by atoms with Crippen LogP contribution >= 0.6 is 0 Å². The van der Waals surface area contributed by atoms with E-state index >= 15 is 0 Å². The number of carbonyl (C=O) groups excluding carboxylic acids is 1. The lowest BCUT2D eigenvalue weighted by molar-refractivity contribution is 0.102. The van der Waals surface area contributed by atoms with E-state index in [1.54, 1.807) is 18.2 Å². The molecule has 1 atom stereocenters. The molecule has 2 aromatic carbocycles. The molecule has 0 spiro atoms. The fourth-order valence-electron chi connectivity index (χ4n) is 4.85. The van der Waals surface area contributed by atoms with E-state index < -0.39 is 0 Å². The highest BCUT2D eigenvalue weighted by atomic mass is 16.3. The third-order valence-electron chi connectivity index (χ3n) is 6.89. The van der Waals surface area contributed by atoms with Gasteiger partial charge in [-0.2, -0.15) is 10.2 Å². The minimum absolute atomic E-state index is 0.0752. The first-order valence-corrected chi connectivity index (χ1v) is 13.0. The minimum atomic E-state index is -0.383. The lowest BCUT2D eigenvalue weighted by Crippen LogP contribution is -2.28. The van der Waals surface area contributed by atoms with Crippen molar-refractivity contribution in [1.82, 2.24) is 14.9 Å². The molecule has 194 valence electrons. The van der Waals surface area contributed by atoms with Gasteiger partial charge in [-0.1, -0.05) is 24.3 Å². The summed E-state index contributed by atoms with van der Waals surface area (Å²) >= 11 is 0. The van der Waals surface area contributed by atoms with Crippen molar-refractivity contribution in [3.63, 3.8) is 0 Å². The number of aromatic hydroxyl groups is 1. The van der Waals surface area contributed by atoms with Crippen LogP contribution in [0, 0.1) is 11.3 Å². The molecule has 9 heteroatoms. The summed E-state index contributed by atoms with van der Waals surface area (Å²) in [6.45, 7) is 5.20. The van der Waals surface area contributed by atoms with E-state index in [4.69, 9.17) is 10.2 Å². The normalized spacial score (nSPS) is 15.4. The van der Waals surface area contributed by atoms with Crippen LogP contribution < -0.4 is 15.5 Å². The van der Waals surface area contributed by atoms with Crippen molar-refractivity contribution in [2.75, 3.05) is 48.8 Å². The third-order valence-corrected chi connectivity index (χ3v) is 6.89. The monoisotopic (exact) mass is 501 g/mol. The topological polar surface area (TPSA) is 117 Å². The van der Waals surface area contributed by atoms with Crippen LogP contribution in [0.5, 0.6) is 5.75 Å². The first-order valence-electron chi connectivity index (χ1n) is 13.0. The number of nitriles is 1. The van der Waals surface area contributed by atoms with Gasteiger partial charge < -0.3 is 25.5 Å². The summed E-state index contributed by atoms with van der Waals surface area (Å²) in [5.41, 5.74) is 0.748. The fraction of sp³-hybridized carbons (Fsp3) is 0.429. The number of nitrogens with zero attached hydrogens (tertiary/aromatic N) is 5. The zero-order valence-electron chi connectivity index (χ0n) is 21.6. The predicted octanol–water partition coefficient (Wildman–Crippen LogP) is 4.61. The summed E-state index contributed by atoms with van der Waals surface area (Å²) in [5, 5.41) is 27.0. The van der Waals surface area contributed by atoms with Crippen LogP contribution in [0.15, 0.2) is 42.5 Å². The molecule has 2 heterocycles. The molecule has 0 saturated carbocycles. The SMILES string of the molecule is CCN(CCCC#N)c1cc(C(=O)Nc2cc(O)cc3ccccc23)nc(NCCC2CCCN2C)n1. The van der Waals surface area contributed by atoms with Gasteiger partial charge in [0, 0.05) is 49.6 Å². The molecule has 3 N–H and O–H groups in total. The van der Waals surface area contributed by atoms with E-state index in [1.165, 1.54) is 12.8 Å². The van der Waals surface area contributed by atoms with Gasteiger partial charge in [0.2, 0.25) is 5.95 Å². The Balaban J connectivity index is 1.58. The average Bonchev–Trinajstić information content (AvgIpc) is 3.30. The van der Waals surface area contributed by atoms with Crippen molar-refractivity contribution >= 4 is 34.1 Å². The van der Waals surface area contributed by atoms with Gasteiger partial charge in [-0.15, -0.1) is 0 Å². The number of hydrogen-bond acceptors (Lipinski definition) is 8. The molecule has 0 radical (unpaired) electrons. The number of anilines is 3. The minimum Gasteiger partial charge on any atom is -0.508 e. The quantitative estimate of drug-likeness (QED) is 0.326. The lowest BCUT2D eigenvalue weighted by atomic mass is 10.1. The van der Waals surface area contributed by atoms with Gasteiger partial charge >= 0.3 is 0 Å². The zero-order chi connectivity index (χ0) is 26.2. The van der Waals surface area contributed by atoms with Crippen molar-refractivity contribution < 1.29 is 9.90 Å². The summed E-state index contributed by atoms with van der Waals surface area (Å²) < 4.78 is 0. The molecule has 37 heavy (non-hydrogen) atoms. The number of nitrogens with one attached hydrogen (secondary N) is 2.